The number of ether oxygens (including phenoxy) is 1. The number of hydroxylamine groups is 1. The molecule has 0 atom stereocenters. The van der Waals surface area contributed by atoms with Crippen molar-refractivity contribution in [3.63, 3.8) is 0 Å². The molecule has 1 amide bonds. The van der Waals surface area contributed by atoms with Crippen LogP contribution in [-0.2, 0) is 4.84 Å². The Morgan fingerprint density at radius 1 is 1.16 bits per heavy atom. The highest BCUT2D eigenvalue weighted by molar-refractivity contribution is 5.94. The van der Waals surface area contributed by atoms with Crippen LogP contribution < -0.4 is 15.8 Å². The van der Waals surface area contributed by atoms with E-state index in [4.69, 9.17) is 9.57 Å². The van der Waals surface area contributed by atoms with Crippen molar-refractivity contribution in [2.24, 2.45) is 0 Å². The number of benzene rings is 2. The number of carbonyl (C=O) groups excluding carboxylic acids is 1. The first kappa shape index (κ1) is 21.0. The molecule has 4 rings (SSSR count). The minimum Gasteiger partial charge on any atom is -0.492 e. The fourth-order valence-corrected chi connectivity index (χ4v) is 3.82. The van der Waals surface area contributed by atoms with Crippen molar-refractivity contribution in [1.82, 2.24) is 19.9 Å². The Balaban J connectivity index is 1.63. The van der Waals surface area contributed by atoms with Crippen molar-refractivity contribution in [2.75, 3.05) is 33.4 Å². The second-order valence-corrected chi connectivity index (χ2v) is 7.63. The molecule has 1 aromatic heterocycles. The van der Waals surface area contributed by atoms with Crippen LogP contribution in [0.5, 0.6) is 5.75 Å². The second kappa shape index (κ2) is 9.28. The molecule has 1 aliphatic heterocycles. The van der Waals surface area contributed by atoms with E-state index in [-0.39, 0.29) is 11.5 Å². The van der Waals surface area contributed by atoms with Gasteiger partial charge in [0.15, 0.2) is 0 Å². The number of nitrogens with one attached hydrogen (secondary N) is 1. The third-order valence-corrected chi connectivity index (χ3v) is 5.53. The number of rotatable bonds is 7. The lowest BCUT2D eigenvalue weighted by Crippen LogP contribution is -2.25. The van der Waals surface area contributed by atoms with Crippen LogP contribution in [0.3, 0.4) is 0 Å². The van der Waals surface area contributed by atoms with Crippen LogP contribution in [0.1, 0.15) is 28.8 Å². The molecule has 162 valence electrons. The van der Waals surface area contributed by atoms with Crippen molar-refractivity contribution in [3.8, 4) is 11.4 Å². The predicted molar refractivity (Wildman–Crippen MR) is 118 cm³/mol. The number of fused-ring (bicyclic) bond motifs is 1. The van der Waals surface area contributed by atoms with Gasteiger partial charge in [-0.3, -0.25) is 23.9 Å². The maximum atomic E-state index is 13.3. The first-order chi connectivity index (χ1) is 15.1. The third-order valence-electron chi connectivity index (χ3n) is 5.53. The lowest BCUT2D eigenvalue weighted by molar-refractivity contribution is 0.0537. The Kier molecular flexibility index (Phi) is 6.29. The molecule has 3 aromatic rings. The molecule has 2 heterocycles. The molecular weight excluding hydrogens is 396 g/mol. The fourth-order valence-electron chi connectivity index (χ4n) is 3.82. The molecule has 1 fully saturated rings. The predicted octanol–water partition coefficient (Wildman–Crippen LogP) is 2.46. The molecule has 8 heteroatoms. The summed E-state index contributed by atoms with van der Waals surface area (Å²) in [5, 5.41) is 0.465. The van der Waals surface area contributed by atoms with Gasteiger partial charge in [0, 0.05) is 12.1 Å². The Morgan fingerprint density at radius 2 is 1.97 bits per heavy atom. The lowest BCUT2D eigenvalue weighted by atomic mass is 10.1. The molecule has 1 aliphatic rings. The number of nitrogens with zero attached hydrogens (tertiary/aromatic N) is 3. The number of hydrogen-bond acceptors (Lipinski definition) is 6. The van der Waals surface area contributed by atoms with E-state index in [0.29, 0.717) is 34.5 Å². The third kappa shape index (κ3) is 4.60. The number of likely N-dealkylation sites (tertiary alicyclic amines) is 1. The lowest BCUT2D eigenvalue weighted by Gasteiger charge is -2.15. The highest BCUT2D eigenvalue weighted by Gasteiger charge is 2.14. The summed E-state index contributed by atoms with van der Waals surface area (Å²) < 4.78 is 7.35. The van der Waals surface area contributed by atoms with E-state index >= 15 is 0 Å². The topological polar surface area (TPSA) is 85.7 Å². The Morgan fingerprint density at radius 3 is 2.74 bits per heavy atom. The maximum Gasteiger partial charge on any atom is 0.274 e. The molecule has 1 N–H and O–H groups in total. The van der Waals surface area contributed by atoms with Gasteiger partial charge in [0.25, 0.3) is 11.5 Å². The minimum absolute atomic E-state index is 0.220. The first-order valence-corrected chi connectivity index (χ1v) is 10.4. The molecule has 1 saturated heterocycles. The van der Waals surface area contributed by atoms with E-state index in [2.05, 4.69) is 15.4 Å². The van der Waals surface area contributed by atoms with E-state index in [0.717, 1.165) is 25.2 Å². The largest absolute Gasteiger partial charge is 0.492 e. The quantitative estimate of drug-likeness (QED) is 0.589. The van der Waals surface area contributed by atoms with Gasteiger partial charge in [-0.25, -0.2) is 10.5 Å². The average Bonchev–Trinajstić information content (AvgIpc) is 3.29. The Hall–Kier alpha value is -3.23. The summed E-state index contributed by atoms with van der Waals surface area (Å²) >= 11 is 0. The van der Waals surface area contributed by atoms with Gasteiger partial charge in [-0.05, 0) is 68.8 Å². The summed E-state index contributed by atoms with van der Waals surface area (Å²) in [6, 6.07) is 10.5. The summed E-state index contributed by atoms with van der Waals surface area (Å²) in [4.78, 5) is 36.9. The number of carbonyl (C=O) groups is 1. The summed E-state index contributed by atoms with van der Waals surface area (Å²) in [7, 11) is 1.37. The fraction of sp³-hybridized carbons (Fsp3) is 0.348. The van der Waals surface area contributed by atoms with Crippen molar-refractivity contribution in [2.45, 2.75) is 19.8 Å². The van der Waals surface area contributed by atoms with Crippen LogP contribution in [0.2, 0.25) is 0 Å². The zero-order chi connectivity index (χ0) is 21.8. The van der Waals surface area contributed by atoms with Crippen LogP contribution in [0.25, 0.3) is 16.6 Å². The van der Waals surface area contributed by atoms with E-state index in [1.807, 2.05) is 13.0 Å². The zero-order valence-electron chi connectivity index (χ0n) is 17.8. The smallest absolute Gasteiger partial charge is 0.274 e. The average molecular weight is 422 g/mol. The monoisotopic (exact) mass is 422 g/mol. The molecular formula is C23H26N4O4. The standard InChI is InChI=1S/C23H26N4O4/c1-16-5-6-17(22(28)25-30-2)13-21(16)27-15-24-20-8-7-18(14-19(20)23(27)29)31-12-11-26-9-3-4-10-26/h5-8,13-15H,3-4,9-12H2,1-2H3,(H,25,28). The van der Waals surface area contributed by atoms with Gasteiger partial charge in [0.2, 0.25) is 0 Å². The van der Waals surface area contributed by atoms with Crippen LogP contribution in [-0.4, -0.2) is 53.7 Å². The summed E-state index contributed by atoms with van der Waals surface area (Å²) in [5.74, 6) is 0.257. The molecule has 0 aliphatic carbocycles. The highest BCUT2D eigenvalue weighted by Crippen LogP contribution is 2.20. The van der Waals surface area contributed by atoms with Gasteiger partial charge in [-0.1, -0.05) is 6.07 Å². The molecule has 2 aromatic carbocycles. The number of aryl methyl sites for hydroxylation is 1. The summed E-state index contributed by atoms with van der Waals surface area (Å²) in [5.41, 5.74) is 4.48. The Labute approximate surface area is 180 Å². The SMILES string of the molecule is CONC(=O)c1ccc(C)c(-n2cnc3ccc(OCCN4CCCC4)cc3c2=O)c1. The first-order valence-electron chi connectivity index (χ1n) is 10.4. The summed E-state index contributed by atoms with van der Waals surface area (Å²) in [6.45, 7) is 5.58. The van der Waals surface area contributed by atoms with Gasteiger partial charge >= 0.3 is 0 Å². The highest BCUT2D eigenvalue weighted by atomic mass is 16.6. The number of amides is 1. The minimum atomic E-state index is -0.390. The molecule has 0 bridgehead atoms. The normalized spacial score (nSPS) is 14.1. The van der Waals surface area contributed by atoms with Gasteiger partial charge in [-0.15, -0.1) is 0 Å². The zero-order valence-corrected chi connectivity index (χ0v) is 17.8. The Bertz CT molecular complexity index is 1150. The van der Waals surface area contributed by atoms with Crippen molar-refractivity contribution < 1.29 is 14.4 Å². The number of aromatic nitrogens is 2. The van der Waals surface area contributed by atoms with Crippen molar-refractivity contribution >= 4 is 16.8 Å². The molecule has 31 heavy (non-hydrogen) atoms. The van der Waals surface area contributed by atoms with Crippen LogP contribution in [0, 0.1) is 6.92 Å². The number of hydrogen-bond donors (Lipinski definition) is 1. The van der Waals surface area contributed by atoms with E-state index in [1.165, 1.54) is 30.8 Å². The molecule has 8 nitrogen and oxygen atoms in total. The van der Waals surface area contributed by atoms with Crippen LogP contribution >= 0.6 is 0 Å². The van der Waals surface area contributed by atoms with Gasteiger partial charge in [0.1, 0.15) is 18.7 Å². The molecule has 0 saturated carbocycles. The second-order valence-electron chi connectivity index (χ2n) is 7.63. The summed E-state index contributed by atoms with van der Waals surface area (Å²) in [6.07, 6.45) is 3.97. The van der Waals surface area contributed by atoms with Gasteiger partial charge in [-0.2, -0.15) is 0 Å². The van der Waals surface area contributed by atoms with E-state index in [9.17, 15) is 9.59 Å². The van der Waals surface area contributed by atoms with E-state index < -0.39 is 0 Å². The van der Waals surface area contributed by atoms with Crippen LogP contribution in [0.15, 0.2) is 47.5 Å². The molecule has 0 unspecified atom stereocenters. The van der Waals surface area contributed by atoms with Crippen LogP contribution in [0.4, 0.5) is 0 Å². The molecule has 0 spiro atoms. The maximum absolute atomic E-state index is 13.3. The van der Waals surface area contributed by atoms with Crippen molar-refractivity contribution in [3.05, 3.63) is 64.2 Å². The van der Waals surface area contributed by atoms with Gasteiger partial charge < -0.3 is 4.74 Å². The molecule has 0 radical (unpaired) electrons. The van der Waals surface area contributed by atoms with E-state index in [1.54, 1.807) is 30.3 Å². The van der Waals surface area contributed by atoms with Gasteiger partial charge in [0.05, 0.1) is 23.7 Å². The van der Waals surface area contributed by atoms with Crippen molar-refractivity contribution in [1.29, 1.82) is 0 Å².